The van der Waals surface area contributed by atoms with Crippen molar-refractivity contribution >= 4 is 29.1 Å². The van der Waals surface area contributed by atoms with Crippen molar-refractivity contribution in [3.63, 3.8) is 0 Å². The number of imide groups is 1. The van der Waals surface area contributed by atoms with Crippen LogP contribution in [0.5, 0.6) is 0 Å². The Hall–Kier alpha value is -2.50. The fourth-order valence-electron chi connectivity index (χ4n) is 4.23. The number of nitrogens with zero attached hydrogens (tertiary/aromatic N) is 1. The van der Waals surface area contributed by atoms with Crippen molar-refractivity contribution in [3.8, 4) is 0 Å². The summed E-state index contributed by atoms with van der Waals surface area (Å²) in [5.41, 5.74) is 1.31. The fraction of sp³-hybridized carbons (Fsp3) is 0.474. The van der Waals surface area contributed by atoms with Crippen LogP contribution in [0.25, 0.3) is 0 Å². The zero-order valence-electron chi connectivity index (χ0n) is 14.9. The smallest absolute Gasteiger partial charge is 0.241 e. The van der Waals surface area contributed by atoms with Crippen molar-refractivity contribution in [2.24, 2.45) is 11.8 Å². The van der Waals surface area contributed by atoms with Gasteiger partial charge in [-0.1, -0.05) is 12.1 Å². The van der Waals surface area contributed by atoms with Gasteiger partial charge in [0.15, 0.2) is 5.78 Å². The lowest BCUT2D eigenvalue weighted by atomic mass is 9.70. The summed E-state index contributed by atoms with van der Waals surface area (Å²) >= 11 is 0. The molecule has 3 rings (SSSR count). The van der Waals surface area contributed by atoms with Gasteiger partial charge in [0, 0.05) is 29.8 Å². The van der Waals surface area contributed by atoms with Crippen LogP contribution < -0.4 is 5.32 Å². The van der Waals surface area contributed by atoms with Crippen molar-refractivity contribution in [3.05, 3.63) is 29.3 Å². The lowest BCUT2D eigenvalue weighted by molar-refractivity contribution is -0.147. The maximum Gasteiger partial charge on any atom is 0.241 e. The highest BCUT2D eigenvalue weighted by atomic mass is 16.2. The Morgan fingerprint density at radius 1 is 1.28 bits per heavy atom. The highest BCUT2D eigenvalue weighted by Crippen LogP contribution is 2.47. The molecular weight excluding hydrogens is 320 g/mol. The minimum absolute atomic E-state index is 0.243. The van der Waals surface area contributed by atoms with Gasteiger partial charge >= 0.3 is 0 Å². The standard InChI is InChI=1S/C19H22N2O4/c1-10(22)8-14(23)21-18(25)16-12(19(21,2)3)9-11-6-5-7-13(20-4)15(11)17(16)24/h5-7,12,16,20H,8-9H2,1-4H3. The second kappa shape index (κ2) is 5.79. The zero-order chi connectivity index (χ0) is 18.5. The fourth-order valence-corrected chi connectivity index (χ4v) is 4.23. The molecule has 1 aliphatic heterocycles. The molecule has 0 radical (unpaired) electrons. The van der Waals surface area contributed by atoms with Crippen LogP contribution in [-0.4, -0.2) is 40.9 Å². The van der Waals surface area contributed by atoms with Gasteiger partial charge < -0.3 is 5.32 Å². The molecule has 1 aromatic rings. The molecule has 0 aromatic heterocycles. The van der Waals surface area contributed by atoms with Crippen LogP contribution in [0.1, 0.15) is 43.1 Å². The third-order valence-electron chi connectivity index (χ3n) is 5.41. The van der Waals surface area contributed by atoms with Gasteiger partial charge in [0.1, 0.15) is 11.7 Å². The second-order valence-electron chi connectivity index (χ2n) is 7.34. The lowest BCUT2D eigenvalue weighted by Crippen LogP contribution is -2.48. The highest BCUT2D eigenvalue weighted by molar-refractivity contribution is 6.19. The van der Waals surface area contributed by atoms with E-state index in [4.69, 9.17) is 0 Å². The lowest BCUT2D eigenvalue weighted by Gasteiger charge is -2.36. The van der Waals surface area contributed by atoms with E-state index in [1.165, 1.54) is 6.92 Å². The molecule has 1 aromatic carbocycles. The molecule has 2 atom stereocenters. The van der Waals surface area contributed by atoms with E-state index in [0.717, 1.165) is 10.5 Å². The normalized spacial score (nSPS) is 23.9. The minimum Gasteiger partial charge on any atom is -0.388 e. The van der Waals surface area contributed by atoms with E-state index in [1.54, 1.807) is 27.0 Å². The Morgan fingerprint density at radius 3 is 2.56 bits per heavy atom. The molecule has 6 heteroatoms. The molecule has 2 unspecified atom stereocenters. The molecule has 2 amide bonds. The summed E-state index contributed by atoms with van der Waals surface area (Å²) in [5, 5.41) is 3.00. The molecule has 1 aliphatic carbocycles. The van der Waals surface area contributed by atoms with E-state index in [-0.39, 0.29) is 23.9 Å². The summed E-state index contributed by atoms with van der Waals surface area (Å²) in [6.07, 6.45) is 0.224. The van der Waals surface area contributed by atoms with Crippen LogP contribution in [-0.2, 0) is 20.8 Å². The van der Waals surface area contributed by atoms with E-state index in [1.807, 2.05) is 12.1 Å². The first-order valence-corrected chi connectivity index (χ1v) is 8.40. The predicted molar refractivity (Wildman–Crippen MR) is 92.2 cm³/mol. The maximum atomic E-state index is 13.1. The van der Waals surface area contributed by atoms with Gasteiger partial charge in [-0.2, -0.15) is 0 Å². The second-order valence-corrected chi connectivity index (χ2v) is 7.34. The topological polar surface area (TPSA) is 83.6 Å². The van der Waals surface area contributed by atoms with Gasteiger partial charge in [-0.15, -0.1) is 0 Å². The van der Waals surface area contributed by atoms with E-state index in [0.29, 0.717) is 17.7 Å². The van der Waals surface area contributed by atoms with Crippen molar-refractivity contribution in [2.45, 2.75) is 39.2 Å². The number of carbonyl (C=O) groups is 4. The van der Waals surface area contributed by atoms with Crippen molar-refractivity contribution in [1.82, 2.24) is 4.90 Å². The van der Waals surface area contributed by atoms with Crippen LogP contribution in [0, 0.1) is 11.8 Å². The van der Waals surface area contributed by atoms with Crippen molar-refractivity contribution in [1.29, 1.82) is 0 Å². The zero-order valence-corrected chi connectivity index (χ0v) is 14.9. The van der Waals surface area contributed by atoms with E-state index in [2.05, 4.69) is 5.32 Å². The molecular formula is C19H22N2O4. The minimum atomic E-state index is -0.868. The molecule has 1 heterocycles. The van der Waals surface area contributed by atoms with Crippen LogP contribution in [0.3, 0.4) is 0 Å². The molecule has 0 spiro atoms. The molecule has 0 saturated carbocycles. The Kier molecular flexibility index (Phi) is 4.01. The number of hydrogen-bond acceptors (Lipinski definition) is 5. The van der Waals surface area contributed by atoms with Crippen LogP contribution >= 0.6 is 0 Å². The number of rotatable bonds is 3. The van der Waals surface area contributed by atoms with Crippen LogP contribution in [0.4, 0.5) is 5.69 Å². The third-order valence-corrected chi connectivity index (χ3v) is 5.41. The molecule has 132 valence electrons. The Bertz CT molecular complexity index is 797. The van der Waals surface area contributed by atoms with Crippen LogP contribution in [0.15, 0.2) is 18.2 Å². The summed E-state index contributed by atoms with van der Waals surface area (Å²) in [7, 11) is 1.73. The number of hydrogen-bond donors (Lipinski definition) is 1. The van der Waals surface area contributed by atoms with E-state index in [9.17, 15) is 19.2 Å². The number of anilines is 1. The first-order chi connectivity index (χ1) is 11.7. The highest BCUT2D eigenvalue weighted by Gasteiger charge is 2.59. The number of likely N-dealkylation sites (tertiary alicyclic amines) is 1. The average Bonchev–Trinajstić information content (AvgIpc) is 2.72. The average molecular weight is 342 g/mol. The monoisotopic (exact) mass is 342 g/mol. The van der Waals surface area contributed by atoms with E-state index < -0.39 is 23.3 Å². The predicted octanol–water partition coefficient (Wildman–Crippen LogP) is 1.83. The third kappa shape index (κ3) is 2.47. The summed E-state index contributed by atoms with van der Waals surface area (Å²) in [4.78, 5) is 51.0. The molecule has 0 bridgehead atoms. The van der Waals surface area contributed by atoms with Gasteiger partial charge in [-0.3, -0.25) is 24.1 Å². The number of ketones is 2. The molecule has 1 N–H and O–H groups in total. The number of nitrogens with one attached hydrogen (secondary N) is 1. The number of fused-ring (bicyclic) bond motifs is 2. The van der Waals surface area contributed by atoms with Gasteiger partial charge in [-0.25, -0.2) is 0 Å². The molecule has 1 fully saturated rings. The number of carbonyl (C=O) groups excluding carboxylic acids is 4. The summed E-state index contributed by atoms with van der Waals surface area (Å²) in [6.45, 7) is 4.92. The maximum absolute atomic E-state index is 13.1. The van der Waals surface area contributed by atoms with Crippen LogP contribution in [0.2, 0.25) is 0 Å². The molecule has 6 nitrogen and oxygen atoms in total. The Balaban J connectivity index is 2.07. The SMILES string of the molecule is CNc1cccc2c1C(=O)C1C(=O)N(C(=O)CC(C)=O)C(C)(C)C1C2. The summed E-state index contributed by atoms with van der Waals surface area (Å²) in [5.74, 6) is -2.70. The molecule has 25 heavy (non-hydrogen) atoms. The van der Waals surface area contributed by atoms with Gasteiger partial charge in [0.2, 0.25) is 11.8 Å². The molecule has 1 saturated heterocycles. The Labute approximate surface area is 146 Å². The van der Waals surface area contributed by atoms with Gasteiger partial charge in [-0.05, 0) is 38.8 Å². The Morgan fingerprint density at radius 2 is 1.96 bits per heavy atom. The number of benzene rings is 1. The summed E-state index contributed by atoms with van der Waals surface area (Å²) < 4.78 is 0. The molecule has 2 aliphatic rings. The quantitative estimate of drug-likeness (QED) is 0.847. The first kappa shape index (κ1) is 17.3. The number of Topliss-reactive ketones (excluding diaryl/α,β-unsaturated/α-hetero) is 2. The van der Waals surface area contributed by atoms with Crippen molar-refractivity contribution < 1.29 is 19.2 Å². The van der Waals surface area contributed by atoms with Crippen molar-refractivity contribution in [2.75, 3.05) is 12.4 Å². The van der Waals surface area contributed by atoms with Gasteiger partial charge in [0.05, 0.1) is 6.42 Å². The number of amides is 2. The van der Waals surface area contributed by atoms with Gasteiger partial charge in [0.25, 0.3) is 0 Å². The largest absolute Gasteiger partial charge is 0.388 e. The summed E-state index contributed by atoms with van der Waals surface area (Å²) in [6, 6.07) is 5.58. The van der Waals surface area contributed by atoms with E-state index >= 15 is 0 Å². The first-order valence-electron chi connectivity index (χ1n) is 8.40.